The molecule has 4 heteroatoms. The summed E-state index contributed by atoms with van der Waals surface area (Å²) in [5.74, 6) is 0.0543. The molecule has 0 radical (unpaired) electrons. The quantitative estimate of drug-likeness (QED) is 0.749. The minimum Gasteiger partial charge on any atom is -0.504 e. The highest BCUT2D eigenvalue weighted by Gasteiger charge is 2.13. The van der Waals surface area contributed by atoms with E-state index in [-0.39, 0.29) is 11.5 Å². The van der Waals surface area contributed by atoms with Crippen LogP contribution in [-0.2, 0) is 0 Å². The van der Waals surface area contributed by atoms with Gasteiger partial charge < -0.3 is 14.9 Å². The van der Waals surface area contributed by atoms with Gasteiger partial charge in [0.15, 0.2) is 11.5 Å². The van der Waals surface area contributed by atoms with Gasteiger partial charge in [0, 0.05) is 5.39 Å². The van der Waals surface area contributed by atoms with Crippen LogP contribution in [-0.4, -0.2) is 16.8 Å². The number of thiophene rings is 1. The first-order valence-corrected chi connectivity index (χ1v) is 5.17. The van der Waals surface area contributed by atoms with Crippen molar-refractivity contribution < 1.29 is 14.9 Å². The molecule has 0 bridgehead atoms. The average molecular weight is 210 g/mol. The Morgan fingerprint density at radius 1 is 1.43 bits per heavy atom. The summed E-state index contributed by atoms with van der Waals surface area (Å²) in [4.78, 5) is 0. The maximum absolute atomic E-state index is 9.58. The van der Waals surface area contributed by atoms with Crippen molar-refractivity contribution in [2.45, 2.75) is 6.92 Å². The number of ether oxygens (including phenoxy) is 1. The zero-order chi connectivity index (χ0) is 10.1. The van der Waals surface area contributed by atoms with Crippen LogP contribution in [0.3, 0.4) is 0 Å². The molecule has 0 spiro atoms. The van der Waals surface area contributed by atoms with E-state index in [0.29, 0.717) is 12.4 Å². The van der Waals surface area contributed by atoms with E-state index in [4.69, 9.17) is 4.74 Å². The van der Waals surface area contributed by atoms with Gasteiger partial charge in [0.1, 0.15) is 0 Å². The number of benzene rings is 1. The second-order valence-electron chi connectivity index (χ2n) is 2.85. The van der Waals surface area contributed by atoms with Gasteiger partial charge in [0.2, 0.25) is 5.75 Å². The van der Waals surface area contributed by atoms with Crippen LogP contribution in [0.2, 0.25) is 0 Å². The Morgan fingerprint density at radius 3 is 2.93 bits per heavy atom. The zero-order valence-electron chi connectivity index (χ0n) is 7.65. The second kappa shape index (κ2) is 3.38. The summed E-state index contributed by atoms with van der Waals surface area (Å²) in [5.41, 5.74) is 0. The Labute approximate surface area is 85.2 Å². The van der Waals surface area contributed by atoms with E-state index in [1.54, 1.807) is 0 Å². The molecule has 0 fully saturated rings. The molecule has 2 aromatic rings. The summed E-state index contributed by atoms with van der Waals surface area (Å²) in [7, 11) is 0. The van der Waals surface area contributed by atoms with Gasteiger partial charge in [-0.05, 0) is 24.4 Å². The van der Waals surface area contributed by atoms with E-state index in [2.05, 4.69) is 0 Å². The van der Waals surface area contributed by atoms with Crippen LogP contribution < -0.4 is 4.74 Å². The molecule has 0 saturated heterocycles. The maximum Gasteiger partial charge on any atom is 0.202 e. The van der Waals surface area contributed by atoms with Crippen LogP contribution in [0, 0.1) is 0 Å². The number of hydrogen-bond donors (Lipinski definition) is 2. The first-order chi connectivity index (χ1) is 6.74. The van der Waals surface area contributed by atoms with E-state index in [1.807, 2.05) is 18.4 Å². The normalized spacial score (nSPS) is 10.6. The predicted octanol–water partition coefficient (Wildman–Crippen LogP) is 2.71. The van der Waals surface area contributed by atoms with Crippen molar-refractivity contribution in [1.82, 2.24) is 0 Å². The molecule has 3 nitrogen and oxygen atoms in total. The summed E-state index contributed by atoms with van der Waals surface area (Å²) in [6.45, 7) is 2.30. The van der Waals surface area contributed by atoms with E-state index in [1.165, 1.54) is 17.4 Å². The minimum absolute atomic E-state index is 0.139. The Kier molecular flexibility index (Phi) is 2.21. The third-order valence-corrected chi connectivity index (χ3v) is 2.87. The van der Waals surface area contributed by atoms with Gasteiger partial charge in [-0.3, -0.25) is 0 Å². The first-order valence-electron chi connectivity index (χ1n) is 4.29. The molecule has 0 amide bonds. The molecular weight excluding hydrogens is 200 g/mol. The van der Waals surface area contributed by atoms with Gasteiger partial charge in [-0.15, -0.1) is 11.3 Å². The van der Waals surface area contributed by atoms with Crippen LogP contribution in [0.4, 0.5) is 0 Å². The number of aromatic hydroxyl groups is 2. The van der Waals surface area contributed by atoms with E-state index < -0.39 is 0 Å². The molecular formula is C10H10O3S. The third-order valence-electron chi connectivity index (χ3n) is 1.94. The molecule has 0 aliphatic carbocycles. The molecule has 14 heavy (non-hydrogen) atoms. The van der Waals surface area contributed by atoms with Crippen LogP contribution >= 0.6 is 11.3 Å². The van der Waals surface area contributed by atoms with Crippen molar-refractivity contribution >= 4 is 21.4 Å². The van der Waals surface area contributed by atoms with Crippen molar-refractivity contribution in [3.63, 3.8) is 0 Å². The molecule has 2 rings (SSSR count). The lowest BCUT2D eigenvalue weighted by atomic mass is 10.2. The van der Waals surface area contributed by atoms with Crippen molar-refractivity contribution in [1.29, 1.82) is 0 Å². The summed E-state index contributed by atoms with van der Waals surface area (Å²) in [5, 5.41) is 21.8. The monoisotopic (exact) mass is 210 g/mol. The number of phenols is 2. The SMILES string of the molecule is CCOc1c(O)c(O)cc2ccsc12. The van der Waals surface area contributed by atoms with Crippen molar-refractivity contribution in [2.24, 2.45) is 0 Å². The van der Waals surface area contributed by atoms with Crippen LogP contribution in [0.5, 0.6) is 17.2 Å². The van der Waals surface area contributed by atoms with Crippen molar-refractivity contribution in [2.75, 3.05) is 6.61 Å². The molecule has 0 atom stereocenters. The fourth-order valence-corrected chi connectivity index (χ4v) is 2.21. The summed E-state index contributed by atoms with van der Waals surface area (Å²) in [6.07, 6.45) is 0. The fourth-order valence-electron chi connectivity index (χ4n) is 1.34. The lowest BCUT2D eigenvalue weighted by molar-refractivity contribution is 0.313. The number of phenolic OH excluding ortho intramolecular Hbond substituents is 2. The van der Waals surface area contributed by atoms with Crippen LogP contribution in [0.25, 0.3) is 10.1 Å². The van der Waals surface area contributed by atoms with Gasteiger partial charge in [0.25, 0.3) is 0 Å². The van der Waals surface area contributed by atoms with Crippen LogP contribution in [0.1, 0.15) is 6.92 Å². The van der Waals surface area contributed by atoms with Gasteiger partial charge in [-0.2, -0.15) is 0 Å². The van der Waals surface area contributed by atoms with E-state index >= 15 is 0 Å². The second-order valence-corrected chi connectivity index (χ2v) is 3.76. The van der Waals surface area contributed by atoms with Gasteiger partial charge >= 0.3 is 0 Å². The van der Waals surface area contributed by atoms with Gasteiger partial charge in [0.05, 0.1) is 11.3 Å². The smallest absolute Gasteiger partial charge is 0.202 e. The zero-order valence-corrected chi connectivity index (χ0v) is 8.47. The first kappa shape index (κ1) is 9.15. The van der Waals surface area contributed by atoms with Gasteiger partial charge in [-0.1, -0.05) is 0 Å². The van der Waals surface area contributed by atoms with Gasteiger partial charge in [-0.25, -0.2) is 0 Å². The predicted molar refractivity (Wildman–Crippen MR) is 56.3 cm³/mol. The van der Waals surface area contributed by atoms with E-state index in [9.17, 15) is 10.2 Å². The lowest BCUT2D eigenvalue weighted by Gasteiger charge is -2.08. The molecule has 0 unspecified atom stereocenters. The summed E-state index contributed by atoms with van der Waals surface area (Å²) >= 11 is 1.48. The Hall–Kier alpha value is -1.42. The molecule has 0 aliphatic rings. The Bertz CT molecular complexity index is 462. The van der Waals surface area contributed by atoms with Crippen molar-refractivity contribution in [3.8, 4) is 17.2 Å². The highest BCUT2D eigenvalue weighted by molar-refractivity contribution is 7.17. The van der Waals surface area contributed by atoms with Crippen molar-refractivity contribution in [3.05, 3.63) is 17.5 Å². The molecule has 1 aromatic carbocycles. The summed E-state index contributed by atoms with van der Waals surface area (Å²) < 4.78 is 6.15. The minimum atomic E-state index is -0.179. The largest absolute Gasteiger partial charge is 0.504 e. The topological polar surface area (TPSA) is 49.7 Å². The van der Waals surface area contributed by atoms with E-state index in [0.717, 1.165) is 10.1 Å². The fraction of sp³-hybridized carbons (Fsp3) is 0.200. The molecule has 0 aliphatic heterocycles. The Balaban J connectivity index is 2.73. The molecule has 74 valence electrons. The molecule has 0 saturated carbocycles. The Morgan fingerprint density at radius 2 is 2.21 bits per heavy atom. The lowest BCUT2D eigenvalue weighted by Crippen LogP contribution is -1.91. The number of rotatable bonds is 2. The molecule has 1 aromatic heterocycles. The molecule has 2 N–H and O–H groups in total. The third kappa shape index (κ3) is 1.28. The highest BCUT2D eigenvalue weighted by atomic mass is 32.1. The van der Waals surface area contributed by atoms with Crippen LogP contribution in [0.15, 0.2) is 17.5 Å². The number of fused-ring (bicyclic) bond motifs is 1. The standard InChI is InChI=1S/C10H10O3S/c1-2-13-9-8(12)7(11)5-6-3-4-14-10(6)9/h3-5,11-12H,2H2,1H3. The average Bonchev–Trinajstić information content (AvgIpc) is 2.60. The number of hydrogen-bond acceptors (Lipinski definition) is 4. The maximum atomic E-state index is 9.58. The highest BCUT2D eigenvalue weighted by Crippen LogP contribution is 2.44. The molecule has 1 heterocycles. The summed E-state index contributed by atoms with van der Waals surface area (Å²) in [6, 6.07) is 3.41.